The fourth-order valence-electron chi connectivity index (χ4n) is 2.58. The van der Waals surface area contributed by atoms with Crippen LogP contribution >= 0.6 is 0 Å². The highest BCUT2D eigenvalue weighted by atomic mass is 28.4. The second-order valence-corrected chi connectivity index (χ2v) is 9.70. The first kappa shape index (κ1) is 15.1. The van der Waals surface area contributed by atoms with Gasteiger partial charge in [-0.05, 0) is 37.0 Å². The van der Waals surface area contributed by atoms with Crippen LogP contribution in [0.5, 0.6) is 0 Å². The summed E-state index contributed by atoms with van der Waals surface area (Å²) in [6, 6.07) is 5.33. The highest BCUT2D eigenvalue weighted by Crippen LogP contribution is 2.31. The summed E-state index contributed by atoms with van der Waals surface area (Å²) >= 11 is 0. The van der Waals surface area contributed by atoms with E-state index in [2.05, 4.69) is 20.8 Å². The Morgan fingerprint density at radius 2 is 1.89 bits per heavy atom. The lowest BCUT2D eigenvalue weighted by atomic mass is 9.90. The fourth-order valence-corrected chi connectivity index (χ4v) is 5.48. The molecule has 18 heavy (non-hydrogen) atoms. The van der Waals surface area contributed by atoms with Crippen LogP contribution in [0.4, 0.5) is 0 Å². The predicted octanol–water partition coefficient (Wildman–Crippen LogP) is 3.58. The Morgan fingerprint density at radius 1 is 1.33 bits per heavy atom. The first-order chi connectivity index (χ1) is 8.53. The van der Waals surface area contributed by atoms with Crippen molar-refractivity contribution >= 4 is 14.1 Å². The Morgan fingerprint density at radius 3 is 2.33 bits per heavy atom. The standard InChI is InChI=1S/C14H23NO2Si/c1-5-18(6-2,7-3)17-14-9-8-13(16)12(10-15)11(14)4/h14H,5-9H2,1-4H3/t14-/m0/s1. The molecule has 0 bridgehead atoms. The Hall–Kier alpha value is -0.923. The van der Waals surface area contributed by atoms with Crippen LogP contribution in [0.3, 0.4) is 0 Å². The van der Waals surface area contributed by atoms with Gasteiger partial charge in [0.2, 0.25) is 0 Å². The highest BCUT2D eigenvalue weighted by Gasteiger charge is 2.35. The molecule has 0 aromatic heterocycles. The Balaban J connectivity index is 2.95. The van der Waals surface area contributed by atoms with Gasteiger partial charge in [0.15, 0.2) is 14.1 Å². The average molecular weight is 265 g/mol. The zero-order valence-electron chi connectivity index (χ0n) is 11.9. The van der Waals surface area contributed by atoms with Gasteiger partial charge in [-0.1, -0.05) is 20.8 Å². The molecule has 0 fully saturated rings. The molecule has 0 heterocycles. The monoisotopic (exact) mass is 265 g/mol. The second kappa shape index (κ2) is 6.30. The molecule has 1 rings (SSSR count). The average Bonchev–Trinajstić information content (AvgIpc) is 2.39. The minimum Gasteiger partial charge on any atom is -0.410 e. The lowest BCUT2D eigenvalue weighted by molar-refractivity contribution is -0.116. The van der Waals surface area contributed by atoms with Crippen molar-refractivity contribution in [3.63, 3.8) is 0 Å². The zero-order valence-corrected chi connectivity index (χ0v) is 12.9. The molecule has 0 N–H and O–H groups in total. The van der Waals surface area contributed by atoms with E-state index in [0.29, 0.717) is 12.0 Å². The molecule has 0 aromatic carbocycles. The molecule has 0 saturated carbocycles. The van der Waals surface area contributed by atoms with Crippen LogP contribution in [0.2, 0.25) is 18.1 Å². The predicted molar refractivity (Wildman–Crippen MR) is 74.6 cm³/mol. The Kier molecular flexibility index (Phi) is 5.30. The summed E-state index contributed by atoms with van der Waals surface area (Å²) in [5, 5.41) is 9.05. The summed E-state index contributed by atoms with van der Waals surface area (Å²) in [5.74, 6) is -0.0217. The topological polar surface area (TPSA) is 50.1 Å². The van der Waals surface area contributed by atoms with Crippen molar-refractivity contribution in [2.24, 2.45) is 0 Å². The quantitative estimate of drug-likeness (QED) is 0.714. The summed E-state index contributed by atoms with van der Waals surface area (Å²) in [6.45, 7) is 8.45. The van der Waals surface area contributed by atoms with E-state index in [1.165, 1.54) is 0 Å². The molecule has 0 saturated heterocycles. The molecule has 0 aromatic rings. The van der Waals surface area contributed by atoms with E-state index in [1.54, 1.807) is 0 Å². The second-order valence-electron chi connectivity index (χ2n) is 4.98. The number of ketones is 1. The van der Waals surface area contributed by atoms with Crippen molar-refractivity contribution in [1.82, 2.24) is 0 Å². The van der Waals surface area contributed by atoms with Crippen molar-refractivity contribution < 1.29 is 9.22 Å². The van der Waals surface area contributed by atoms with Crippen LogP contribution in [0, 0.1) is 11.3 Å². The smallest absolute Gasteiger partial charge is 0.192 e. The molecule has 4 heteroatoms. The minimum absolute atomic E-state index is 0.0103. The van der Waals surface area contributed by atoms with E-state index < -0.39 is 8.32 Å². The molecule has 0 spiro atoms. The summed E-state index contributed by atoms with van der Waals surface area (Å²) in [4.78, 5) is 11.6. The van der Waals surface area contributed by atoms with Gasteiger partial charge in [0, 0.05) is 6.42 Å². The molecule has 1 aliphatic carbocycles. The number of nitriles is 1. The number of carbonyl (C=O) groups is 1. The number of nitrogens with zero attached hydrogens (tertiary/aromatic N) is 1. The van der Waals surface area contributed by atoms with Gasteiger partial charge in [0.25, 0.3) is 0 Å². The minimum atomic E-state index is -1.67. The van der Waals surface area contributed by atoms with Gasteiger partial charge in [-0.25, -0.2) is 0 Å². The van der Waals surface area contributed by atoms with Crippen LogP contribution in [0.15, 0.2) is 11.1 Å². The summed E-state index contributed by atoms with van der Waals surface area (Å²) in [5.41, 5.74) is 1.18. The van der Waals surface area contributed by atoms with Gasteiger partial charge in [-0.3, -0.25) is 4.79 Å². The van der Waals surface area contributed by atoms with Gasteiger partial charge in [0.1, 0.15) is 6.07 Å². The van der Waals surface area contributed by atoms with Crippen molar-refractivity contribution in [1.29, 1.82) is 5.26 Å². The highest BCUT2D eigenvalue weighted by molar-refractivity contribution is 6.73. The van der Waals surface area contributed by atoms with Crippen molar-refractivity contribution in [2.75, 3.05) is 0 Å². The molecule has 0 amide bonds. The molecule has 0 radical (unpaired) electrons. The number of hydrogen-bond acceptors (Lipinski definition) is 3. The van der Waals surface area contributed by atoms with Crippen molar-refractivity contribution in [3.8, 4) is 6.07 Å². The van der Waals surface area contributed by atoms with E-state index in [-0.39, 0.29) is 11.9 Å². The third-order valence-corrected chi connectivity index (χ3v) is 8.88. The van der Waals surface area contributed by atoms with E-state index in [1.807, 2.05) is 13.0 Å². The maximum atomic E-state index is 11.6. The lowest BCUT2D eigenvalue weighted by Crippen LogP contribution is -2.41. The summed E-state index contributed by atoms with van der Waals surface area (Å²) in [7, 11) is -1.67. The van der Waals surface area contributed by atoms with E-state index in [0.717, 1.165) is 30.1 Å². The van der Waals surface area contributed by atoms with E-state index >= 15 is 0 Å². The summed E-state index contributed by atoms with van der Waals surface area (Å²) in [6.07, 6.45) is 1.18. The molecule has 1 aliphatic rings. The number of rotatable bonds is 5. The van der Waals surface area contributed by atoms with Crippen molar-refractivity contribution in [2.45, 2.75) is 64.8 Å². The van der Waals surface area contributed by atoms with Gasteiger partial charge in [0.05, 0.1) is 11.7 Å². The third kappa shape index (κ3) is 2.90. The van der Waals surface area contributed by atoms with Gasteiger partial charge in [-0.15, -0.1) is 0 Å². The third-order valence-electron chi connectivity index (χ3n) is 4.23. The van der Waals surface area contributed by atoms with Crippen molar-refractivity contribution in [3.05, 3.63) is 11.1 Å². The molecule has 100 valence electrons. The van der Waals surface area contributed by atoms with E-state index in [4.69, 9.17) is 9.69 Å². The number of Topliss-reactive ketones (excluding diaryl/α,β-unsaturated/α-hetero) is 1. The molecular weight excluding hydrogens is 242 g/mol. The van der Waals surface area contributed by atoms with Crippen LogP contribution < -0.4 is 0 Å². The van der Waals surface area contributed by atoms with Crippen LogP contribution in [-0.4, -0.2) is 20.2 Å². The largest absolute Gasteiger partial charge is 0.410 e. The van der Waals surface area contributed by atoms with Gasteiger partial charge >= 0.3 is 0 Å². The van der Waals surface area contributed by atoms with Crippen LogP contribution in [0.1, 0.15) is 40.5 Å². The number of allylic oxidation sites excluding steroid dienone is 1. The SMILES string of the molecule is CC[Si](CC)(CC)O[C@H]1CCC(=O)C(C#N)=C1C. The maximum Gasteiger partial charge on any atom is 0.192 e. The Labute approximate surface area is 111 Å². The Bertz CT molecular complexity index is 383. The van der Waals surface area contributed by atoms with Crippen LogP contribution in [-0.2, 0) is 9.22 Å². The molecule has 3 nitrogen and oxygen atoms in total. The van der Waals surface area contributed by atoms with Crippen LogP contribution in [0.25, 0.3) is 0 Å². The lowest BCUT2D eigenvalue weighted by Gasteiger charge is -2.35. The van der Waals surface area contributed by atoms with Gasteiger partial charge < -0.3 is 4.43 Å². The number of carbonyl (C=O) groups excluding carboxylic acids is 1. The molecular formula is C14H23NO2Si. The van der Waals surface area contributed by atoms with Gasteiger partial charge in [-0.2, -0.15) is 5.26 Å². The first-order valence-corrected chi connectivity index (χ1v) is 9.38. The van der Waals surface area contributed by atoms with E-state index in [9.17, 15) is 4.79 Å². The maximum absolute atomic E-state index is 11.6. The fraction of sp³-hybridized carbons (Fsp3) is 0.714. The molecule has 1 atom stereocenters. The molecule has 0 unspecified atom stereocenters. The summed E-state index contributed by atoms with van der Waals surface area (Å²) < 4.78 is 6.40. The first-order valence-electron chi connectivity index (χ1n) is 6.85. The zero-order chi connectivity index (χ0) is 13.8. The number of hydrogen-bond donors (Lipinski definition) is 0. The molecule has 0 aliphatic heterocycles. The normalized spacial score (nSPS) is 21.1.